The van der Waals surface area contributed by atoms with E-state index >= 15 is 0 Å². The molecule has 0 spiro atoms. The molecule has 1 aliphatic heterocycles. The van der Waals surface area contributed by atoms with E-state index < -0.39 is 12.5 Å². The number of benzene rings is 1. The molecule has 0 fully saturated rings. The van der Waals surface area contributed by atoms with E-state index in [2.05, 4.69) is 14.9 Å². The second kappa shape index (κ2) is 7.65. The average Bonchev–Trinajstić information content (AvgIpc) is 3.09. The van der Waals surface area contributed by atoms with Gasteiger partial charge in [-0.15, -0.1) is 13.2 Å². The highest BCUT2D eigenvalue weighted by molar-refractivity contribution is 5.96. The second-order valence-electron chi connectivity index (χ2n) is 5.69. The lowest BCUT2D eigenvalue weighted by molar-refractivity contribution is -0.274. The van der Waals surface area contributed by atoms with Gasteiger partial charge in [-0.2, -0.15) is 0 Å². The number of Topliss-reactive ketones (excluding diaryl/α,β-unsaturated/α-hetero) is 1. The van der Waals surface area contributed by atoms with Gasteiger partial charge in [-0.1, -0.05) is 24.2 Å². The minimum Gasteiger partial charge on any atom is -0.438 e. The largest absolute Gasteiger partial charge is 0.573 e. The molecule has 2 aromatic rings. The molecule has 1 aliphatic rings. The molecule has 0 saturated carbocycles. The molecule has 0 saturated heterocycles. The van der Waals surface area contributed by atoms with Crippen molar-refractivity contribution in [1.82, 2.24) is 4.98 Å². The lowest BCUT2D eigenvalue weighted by Gasteiger charge is -2.11. The number of rotatable bonds is 5. The summed E-state index contributed by atoms with van der Waals surface area (Å²) in [7, 11) is 0. The van der Waals surface area contributed by atoms with Gasteiger partial charge < -0.3 is 14.3 Å². The molecule has 3 rings (SSSR count). The fraction of sp³-hybridized carbons (Fsp3) is 0.278. The molecule has 142 valence electrons. The van der Waals surface area contributed by atoms with Crippen LogP contribution in [0.25, 0.3) is 0 Å². The Morgan fingerprint density at radius 1 is 1.22 bits per heavy atom. The number of ketones is 1. The summed E-state index contributed by atoms with van der Waals surface area (Å²) in [5.41, 5.74) is 1.06. The highest BCUT2D eigenvalue weighted by Crippen LogP contribution is 2.30. The number of hydrogen-bond acceptors (Lipinski definition) is 6. The van der Waals surface area contributed by atoms with Crippen molar-refractivity contribution in [1.29, 1.82) is 0 Å². The van der Waals surface area contributed by atoms with Crippen LogP contribution in [0.4, 0.5) is 13.2 Å². The van der Waals surface area contributed by atoms with E-state index in [4.69, 9.17) is 9.57 Å². The molecule has 0 radical (unpaired) electrons. The number of carbonyl (C=O) groups excluding carboxylic acids is 1. The fourth-order valence-corrected chi connectivity index (χ4v) is 2.45. The number of carbonyl (C=O) groups is 1. The van der Waals surface area contributed by atoms with E-state index in [9.17, 15) is 18.0 Å². The Morgan fingerprint density at radius 2 is 1.96 bits per heavy atom. The molecule has 0 amide bonds. The van der Waals surface area contributed by atoms with E-state index in [1.807, 2.05) is 0 Å². The van der Waals surface area contributed by atoms with Gasteiger partial charge >= 0.3 is 6.36 Å². The number of aromatic nitrogens is 1. The zero-order chi connectivity index (χ0) is 19.4. The quantitative estimate of drug-likeness (QED) is 0.718. The van der Waals surface area contributed by atoms with Crippen LogP contribution in [-0.4, -0.2) is 23.0 Å². The molecule has 0 aliphatic carbocycles. The van der Waals surface area contributed by atoms with Gasteiger partial charge in [0.2, 0.25) is 5.90 Å². The van der Waals surface area contributed by atoms with E-state index in [1.54, 1.807) is 13.0 Å². The van der Waals surface area contributed by atoms with Crippen molar-refractivity contribution in [3.63, 3.8) is 0 Å². The van der Waals surface area contributed by atoms with Gasteiger partial charge in [0, 0.05) is 18.2 Å². The van der Waals surface area contributed by atoms with Crippen molar-refractivity contribution >= 4 is 11.7 Å². The molecule has 9 heteroatoms. The van der Waals surface area contributed by atoms with Crippen molar-refractivity contribution in [2.75, 3.05) is 0 Å². The van der Waals surface area contributed by atoms with Crippen LogP contribution in [0.15, 0.2) is 47.9 Å². The lowest BCUT2D eigenvalue weighted by atomic mass is 10.1. The Kier molecular flexibility index (Phi) is 5.29. The Balaban J connectivity index is 1.61. The van der Waals surface area contributed by atoms with Crippen LogP contribution in [0.2, 0.25) is 0 Å². The normalized spacial score (nSPS) is 16.4. The summed E-state index contributed by atoms with van der Waals surface area (Å²) in [6.45, 7) is 1.75. The highest BCUT2D eigenvalue weighted by atomic mass is 19.4. The molecule has 0 unspecified atom stereocenters. The van der Waals surface area contributed by atoms with Crippen LogP contribution in [0, 0.1) is 0 Å². The van der Waals surface area contributed by atoms with Gasteiger partial charge in [-0.05, 0) is 23.8 Å². The molecule has 6 nitrogen and oxygen atoms in total. The van der Waals surface area contributed by atoms with E-state index in [0.717, 1.165) is 0 Å². The van der Waals surface area contributed by atoms with Crippen LogP contribution in [-0.2, 0) is 4.84 Å². The first kappa shape index (κ1) is 18.7. The van der Waals surface area contributed by atoms with Gasteiger partial charge in [0.25, 0.3) is 0 Å². The average molecular weight is 380 g/mol. The molecular formula is C18H15F3N2O4. The van der Waals surface area contributed by atoms with Gasteiger partial charge in [0.1, 0.15) is 11.5 Å². The first-order chi connectivity index (χ1) is 12.8. The van der Waals surface area contributed by atoms with Crippen LogP contribution in [0.3, 0.4) is 0 Å². The minimum atomic E-state index is -4.74. The maximum Gasteiger partial charge on any atom is 0.573 e. The zero-order valence-corrected chi connectivity index (χ0v) is 14.2. The molecule has 27 heavy (non-hydrogen) atoms. The molecule has 0 bridgehead atoms. The van der Waals surface area contributed by atoms with Crippen LogP contribution in [0.5, 0.6) is 11.5 Å². The number of nitrogens with zero attached hydrogens (tertiary/aromatic N) is 2. The minimum absolute atomic E-state index is 0.0587. The number of pyridine rings is 1. The monoisotopic (exact) mass is 380 g/mol. The maximum absolute atomic E-state index is 12.2. The third kappa shape index (κ3) is 4.96. The van der Waals surface area contributed by atoms with Gasteiger partial charge in [0.15, 0.2) is 11.9 Å². The van der Waals surface area contributed by atoms with Gasteiger partial charge in [-0.25, -0.2) is 0 Å². The fourth-order valence-electron chi connectivity index (χ4n) is 2.45. The van der Waals surface area contributed by atoms with E-state index in [-0.39, 0.29) is 23.9 Å². The van der Waals surface area contributed by atoms with E-state index in [0.29, 0.717) is 23.3 Å². The summed E-state index contributed by atoms with van der Waals surface area (Å²) in [6.07, 6.45) is -1.69. The topological polar surface area (TPSA) is 70.0 Å². The zero-order valence-electron chi connectivity index (χ0n) is 14.2. The highest BCUT2D eigenvalue weighted by Gasteiger charge is 2.31. The summed E-state index contributed by atoms with van der Waals surface area (Å²) >= 11 is 0. The number of alkyl halides is 3. The molecular weight excluding hydrogens is 365 g/mol. The summed E-state index contributed by atoms with van der Waals surface area (Å²) < 4.78 is 46.0. The van der Waals surface area contributed by atoms with Crippen LogP contribution < -0.4 is 9.47 Å². The third-order valence-electron chi connectivity index (χ3n) is 3.72. The SMILES string of the molecule is CCC(=O)c1cncc(OC2=NO[C@H](c3ccc(OC(F)(F)F)cc3)C2)c1. The second-order valence-corrected chi connectivity index (χ2v) is 5.69. The number of halogens is 3. The van der Waals surface area contributed by atoms with E-state index in [1.165, 1.54) is 36.7 Å². The Bertz CT molecular complexity index is 850. The van der Waals surface area contributed by atoms with Gasteiger partial charge in [-0.3, -0.25) is 9.78 Å². The summed E-state index contributed by atoms with van der Waals surface area (Å²) in [4.78, 5) is 21.0. The first-order valence-electron chi connectivity index (χ1n) is 8.08. The smallest absolute Gasteiger partial charge is 0.438 e. The van der Waals surface area contributed by atoms with Crippen molar-refractivity contribution < 1.29 is 32.3 Å². The Labute approximate surface area is 152 Å². The predicted octanol–water partition coefficient (Wildman–Crippen LogP) is 4.43. The molecule has 2 heterocycles. The first-order valence-corrected chi connectivity index (χ1v) is 8.08. The molecule has 1 aromatic heterocycles. The predicted molar refractivity (Wildman–Crippen MR) is 88.5 cm³/mol. The summed E-state index contributed by atoms with van der Waals surface area (Å²) in [5, 5.41) is 3.84. The standard InChI is InChI=1S/C18H15F3N2O4/c1-2-15(24)12-7-14(10-22-9-12)25-17-8-16(27-23-17)11-3-5-13(6-4-11)26-18(19,20)21/h3-7,9-10,16H,2,8H2,1H3/t16-/m0/s1. The van der Waals surface area contributed by atoms with Gasteiger partial charge in [0.05, 0.1) is 12.6 Å². The van der Waals surface area contributed by atoms with Crippen molar-refractivity contribution in [2.45, 2.75) is 32.2 Å². The molecule has 1 atom stereocenters. The number of hydrogen-bond donors (Lipinski definition) is 0. The van der Waals surface area contributed by atoms with Crippen LogP contribution >= 0.6 is 0 Å². The Hall–Kier alpha value is -3.10. The lowest BCUT2D eigenvalue weighted by Crippen LogP contribution is -2.17. The maximum atomic E-state index is 12.2. The van der Waals surface area contributed by atoms with Crippen molar-refractivity contribution in [3.05, 3.63) is 53.9 Å². The summed E-state index contributed by atoms with van der Waals surface area (Å²) in [5.74, 6) is 0.256. The molecule has 0 N–H and O–H groups in total. The number of oxime groups is 1. The van der Waals surface area contributed by atoms with Crippen molar-refractivity contribution in [2.24, 2.45) is 5.16 Å². The third-order valence-corrected chi connectivity index (χ3v) is 3.72. The van der Waals surface area contributed by atoms with Crippen LogP contribution in [0.1, 0.15) is 41.8 Å². The number of ether oxygens (including phenoxy) is 2. The Morgan fingerprint density at radius 3 is 2.63 bits per heavy atom. The van der Waals surface area contributed by atoms with Crippen molar-refractivity contribution in [3.8, 4) is 11.5 Å². The summed E-state index contributed by atoms with van der Waals surface area (Å²) in [6, 6.07) is 6.90. The molecule has 1 aromatic carbocycles.